The second kappa shape index (κ2) is 7.26. The summed E-state index contributed by atoms with van der Waals surface area (Å²) >= 11 is 7.09. The maximum absolute atomic E-state index is 12.9. The molecule has 0 aliphatic carbocycles. The van der Waals surface area contributed by atoms with E-state index < -0.39 is 0 Å². The van der Waals surface area contributed by atoms with Crippen molar-refractivity contribution < 1.29 is 9.13 Å². The van der Waals surface area contributed by atoms with Crippen LogP contribution in [0.4, 0.5) is 10.2 Å². The molecule has 3 rings (SSSR count). The normalized spacial score (nSPS) is 15.1. The van der Waals surface area contributed by atoms with Crippen molar-refractivity contribution in [3.63, 3.8) is 0 Å². The van der Waals surface area contributed by atoms with E-state index in [0.29, 0.717) is 19.0 Å². The molecule has 0 unspecified atom stereocenters. The summed E-state index contributed by atoms with van der Waals surface area (Å²) < 4.78 is 18.3. The highest BCUT2D eigenvalue weighted by atomic mass is 35.5. The molecule has 0 N–H and O–H groups in total. The van der Waals surface area contributed by atoms with Crippen molar-refractivity contribution >= 4 is 29.2 Å². The maximum atomic E-state index is 12.9. The van der Waals surface area contributed by atoms with Gasteiger partial charge in [-0.1, -0.05) is 0 Å². The van der Waals surface area contributed by atoms with Crippen LogP contribution in [0.3, 0.4) is 0 Å². The summed E-state index contributed by atoms with van der Waals surface area (Å²) in [4.78, 5) is 11.8. The van der Waals surface area contributed by atoms with E-state index in [1.807, 2.05) is 6.07 Å². The number of benzene rings is 1. The van der Waals surface area contributed by atoms with Gasteiger partial charge in [0.1, 0.15) is 11.6 Å². The molecule has 2 heterocycles. The van der Waals surface area contributed by atoms with Gasteiger partial charge < -0.3 is 9.64 Å². The van der Waals surface area contributed by atoms with Gasteiger partial charge in [0, 0.05) is 30.9 Å². The Hall–Kier alpha value is -1.37. The summed E-state index contributed by atoms with van der Waals surface area (Å²) in [6.07, 6.45) is 0. The first-order valence-electron chi connectivity index (χ1n) is 7.00. The molecule has 1 aliphatic rings. The number of nitrogens with zero attached hydrogens (tertiary/aromatic N) is 3. The number of rotatable bonds is 4. The molecule has 7 heteroatoms. The lowest BCUT2D eigenvalue weighted by atomic mass is 10.3. The lowest BCUT2D eigenvalue weighted by Crippen LogP contribution is -2.36. The summed E-state index contributed by atoms with van der Waals surface area (Å²) in [7, 11) is 0. The first kappa shape index (κ1) is 15.5. The topological polar surface area (TPSA) is 38.2 Å². The number of morpholine rings is 1. The summed E-state index contributed by atoms with van der Waals surface area (Å²) in [6, 6.07) is 8.46. The quantitative estimate of drug-likeness (QED) is 0.487. The molecule has 1 aromatic carbocycles. The Morgan fingerprint density at radius 2 is 1.91 bits per heavy atom. The molecule has 1 aliphatic heterocycles. The maximum Gasteiger partial charge on any atom is 0.224 e. The van der Waals surface area contributed by atoms with Gasteiger partial charge >= 0.3 is 0 Å². The van der Waals surface area contributed by atoms with E-state index in [4.69, 9.17) is 16.3 Å². The fraction of sp³-hybridized carbons (Fsp3) is 0.333. The first-order chi connectivity index (χ1) is 10.7. The predicted octanol–water partition coefficient (Wildman–Crippen LogP) is 2.48. The van der Waals surface area contributed by atoms with Crippen LogP contribution in [0.25, 0.3) is 0 Å². The summed E-state index contributed by atoms with van der Waals surface area (Å²) in [6.45, 7) is 3.01. The van der Waals surface area contributed by atoms with Crippen molar-refractivity contribution in [3.05, 3.63) is 47.1 Å². The molecule has 0 bridgehead atoms. The zero-order chi connectivity index (χ0) is 15.4. The van der Waals surface area contributed by atoms with Crippen LogP contribution in [-0.4, -0.2) is 36.3 Å². The summed E-state index contributed by atoms with van der Waals surface area (Å²) in [5.41, 5.74) is 0.882. The van der Waals surface area contributed by atoms with Gasteiger partial charge in [0.05, 0.1) is 18.9 Å². The van der Waals surface area contributed by atoms with Crippen LogP contribution >= 0.6 is 11.6 Å². The zero-order valence-corrected chi connectivity index (χ0v) is 13.5. The lowest BCUT2D eigenvalue weighted by molar-refractivity contribution is 0.122. The second-order valence-electron chi connectivity index (χ2n) is 4.88. The van der Waals surface area contributed by atoms with Crippen LogP contribution in [0.2, 0.25) is 5.28 Å². The van der Waals surface area contributed by atoms with E-state index in [1.165, 1.54) is 12.1 Å². The van der Waals surface area contributed by atoms with Crippen molar-refractivity contribution in [1.29, 1.82) is 0 Å². The predicted molar refractivity (Wildman–Crippen MR) is 87.2 cm³/mol. The third kappa shape index (κ3) is 4.09. The van der Waals surface area contributed by atoms with Gasteiger partial charge in [-0.15, -0.1) is 0 Å². The summed E-state index contributed by atoms with van der Waals surface area (Å²) in [5.74, 6) is 1.33. The van der Waals surface area contributed by atoms with Crippen molar-refractivity contribution in [2.24, 2.45) is 0 Å². The average Bonchev–Trinajstić information content (AvgIpc) is 2.55. The molecule has 1 aromatic heterocycles. The average molecular weight is 341 g/mol. The molecule has 4 nitrogen and oxygen atoms in total. The largest absolute Gasteiger partial charge is 0.378 e. The fourth-order valence-electron chi connectivity index (χ4n) is 2.21. The minimum atomic E-state index is -0.223. The molecular weight excluding hydrogens is 325 g/mol. The highest BCUT2D eigenvalue weighted by Gasteiger charge is 2.16. The number of thiol groups is 1. The Balaban J connectivity index is 1.70. The van der Waals surface area contributed by atoms with Crippen LogP contribution in [0, 0.1) is 5.82 Å². The van der Waals surface area contributed by atoms with Crippen LogP contribution in [0.1, 0.15) is 5.69 Å². The molecule has 1 saturated heterocycles. The second-order valence-corrected chi connectivity index (χ2v) is 6.37. The van der Waals surface area contributed by atoms with Crippen LogP contribution in [0.5, 0.6) is 0 Å². The number of anilines is 1. The molecular formula is C15H16ClFN3OS+. The number of aromatic nitrogens is 2. The Labute approximate surface area is 137 Å². The zero-order valence-electron chi connectivity index (χ0n) is 11.9. The fourth-order valence-corrected chi connectivity index (χ4v) is 3.27. The molecule has 0 saturated carbocycles. The van der Waals surface area contributed by atoms with Crippen LogP contribution in [-0.2, 0) is 22.3 Å². The van der Waals surface area contributed by atoms with E-state index in [0.717, 1.165) is 41.3 Å². The molecule has 22 heavy (non-hydrogen) atoms. The minimum absolute atomic E-state index is 0.223. The Kier molecular flexibility index (Phi) is 5.12. The van der Waals surface area contributed by atoms with Gasteiger partial charge in [-0.2, -0.15) is 0 Å². The molecule has 2 aromatic rings. The van der Waals surface area contributed by atoms with E-state index in [2.05, 4.69) is 14.9 Å². The number of halogens is 2. The first-order valence-corrected chi connectivity index (χ1v) is 8.46. The Bertz CT molecular complexity index is 635. The van der Waals surface area contributed by atoms with Gasteiger partial charge in [0.15, 0.2) is 10.6 Å². The number of hydrogen-bond acceptors (Lipinski definition) is 4. The Morgan fingerprint density at radius 3 is 2.64 bits per heavy atom. The van der Waals surface area contributed by atoms with Crippen LogP contribution in [0.15, 0.2) is 35.2 Å². The molecule has 0 amide bonds. The van der Waals surface area contributed by atoms with Crippen molar-refractivity contribution in [3.8, 4) is 0 Å². The van der Waals surface area contributed by atoms with Gasteiger partial charge in [-0.25, -0.2) is 14.4 Å². The molecule has 0 radical (unpaired) electrons. The van der Waals surface area contributed by atoms with Gasteiger partial charge in [0.25, 0.3) is 0 Å². The third-order valence-electron chi connectivity index (χ3n) is 3.32. The highest BCUT2D eigenvalue weighted by molar-refractivity contribution is 7.77. The summed E-state index contributed by atoms with van der Waals surface area (Å²) in [5, 5.41) is 0.258. The molecule has 0 atom stereocenters. The standard InChI is InChI=1S/C15H15ClFN3OS/c16-15-18-12(10-22-13-3-1-11(17)2-4-13)9-14(19-15)20-5-7-21-8-6-20/h1-4,9H,5-8,10H2/p+1. The monoisotopic (exact) mass is 340 g/mol. The van der Waals surface area contributed by atoms with E-state index >= 15 is 0 Å². The minimum Gasteiger partial charge on any atom is -0.378 e. The SMILES string of the molecule is Fc1ccc([SH+]Cc2cc(N3CCOCC3)nc(Cl)n2)cc1. The molecule has 1 fully saturated rings. The lowest BCUT2D eigenvalue weighted by Gasteiger charge is -2.27. The number of hydrogen-bond donors (Lipinski definition) is 0. The molecule has 116 valence electrons. The number of ether oxygens (including phenoxy) is 1. The Morgan fingerprint density at radius 1 is 1.18 bits per heavy atom. The van der Waals surface area contributed by atoms with Crippen molar-refractivity contribution in [2.45, 2.75) is 10.6 Å². The van der Waals surface area contributed by atoms with Gasteiger partial charge in [-0.05, 0) is 35.9 Å². The van der Waals surface area contributed by atoms with Gasteiger partial charge in [0.2, 0.25) is 5.28 Å². The highest BCUT2D eigenvalue weighted by Crippen LogP contribution is 2.18. The van der Waals surface area contributed by atoms with E-state index in [1.54, 1.807) is 12.1 Å². The van der Waals surface area contributed by atoms with E-state index in [9.17, 15) is 4.39 Å². The van der Waals surface area contributed by atoms with E-state index in [-0.39, 0.29) is 11.1 Å². The van der Waals surface area contributed by atoms with Crippen LogP contribution < -0.4 is 4.90 Å². The van der Waals surface area contributed by atoms with Crippen molar-refractivity contribution in [2.75, 3.05) is 31.2 Å². The molecule has 0 spiro atoms. The van der Waals surface area contributed by atoms with Crippen molar-refractivity contribution in [1.82, 2.24) is 9.97 Å². The van der Waals surface area contributed by atoms with Gasteiger partial charge in [-0.3, -0.25) is 0 Å². The smallest absolute Gasteiger partial charge is 0.224 e. The third-order valence-corrected chi connectivity index (χ3v) is 4.64.